The van der Waals surface area contributed by atoms with Crippen molar-refractivity contribution < 1.29 is 13.9 Å². The van der Waals surface area contributed by atoms with Crippen LogP contribution < -0.4 is 4.74 Å². The van der Waals surface area contributed by atoms with Crippen molar-refractivity contribution >= 4 is 17.7 Å². The van der Waals surface area contributed by atoms with E-state index in [1.165, 1.54) is 102 Å². The minimum absolute atomic E-state index is 0.353. The fourth-order valence-corrected chi connectivity index (χ4v) is 5.64. The summed E-state index contributed by atoms with van der Waals surface area (Å²) < 4.78 is 11.4. The highest BCUT2D eigenvalue weighted by atomic mass is 32.2. The highest BCUT2D eigenvalue weighted by Crippen LogP contribution is 2.26. The van der Waals surface area contributed by atoms with E-state index in [9.17, 15) is 4.79 Å². The van der Waals surface area contributed by atoms with Crippen molar-refractivity contribution in [2.75, 3.05) is 5.75 Å². The molecule has 0 spiro atoms. The van der Waals surface area contributed by atoms with Crippen LogP contribution in [0.3, 0.4) is 0 Å². The maximum Gasteiger partial charge on any atom is 0.343 e. The number of ether oxygens (including phenoxy) is 1. The van der Waals surface area contributed by atoms with Crippen LogP contribution in [0.4, 0.5) is 0 Å². The molecule has 0 atom stereocenters. The van der Waals surface area contributed by atoms with Gasteiger partial charge in [0.05, 0.1) is 5.56 Å². The van der Waals surface area contributed by atoms with Gasteiger partial charge in [0.25, 0.3) is 5.22 Å². The first kappa shape index (κ1) is 32.9. The van der Waals surface area contributed by atoms with Crippen molar-refractivity contribution in [2.24, 2.45) is 0 Å². The van der Waals surface area contributed by atoms with Crippen molar-refractivity contribution in [1.82, 2.24) is 10.2 Å². The molecule has 0 radical (unpaired) electrons. The van der Waals surface area contributed by atoms with Crippen molar-refractivity contribution in [3.05, 3.63) is 59.7 Å². The molecule has 41 heavy (non-hydrogen) atoms. The van der Waals surface area contributed by atoms with Crippen molar-refractivity contribution in [2.45, 2.75) is 128 Å². The third kappa shape index (κ3) is 13.3. The zero-order valence-electron chi connectivity index (χ0n) is 25.4. The number of aryl methyl sites for hydroxylation is 1. The van der Waals surface area contributed by atoms with Crippen LogP contribution in [0.1, 0.15) is 133 Å². The van der Waals surface area contributed by atoms with Gasteiger partial charge >= 0.3 is 5.97 Å². The number of carbonyl (C=O) groups is 1. The van der Waals surface area contributed by atoms with Gasteiger partial charge in [-0.05, 0) is 61.2 Å². The Balaban J connectivity index is 1.34. The average Bonchev–Trinajstić information content (AvgIpc) is 3.47. The molecule has 0 N–H and O–H groups in total. The Morgan fingerprint density at radius 2 is 1.24 bits per heavy atom. The maximum absolute atomic E-state index is 12.7. The second-order valence-corrected chi connectivity index (χ2v) is 12.1. The summed E-state index contributed by atoms with van der Waals surface area (Å²) in [7, 11) is 0. The molecule has 0 unspecified atom stereocenters. The number of hydrogen-bond acceptors (Lipinski definition) is 6. The molecule has 0 aliphatic rings. The second kappa shape index (κ2) is 20.3. The number of hydrogen-bond donors (Lipinski definition) is 0. The monoisotopic (exact) mass is 578 g/mol. The molecule has 6 heteroatoms. The third-order valence-corrected chi connectivity index (χ3v) is 8.36. The van der Waals surface area contributed by atoms with Gasteiger partial charge in [0.15, 0.2) is 0 Å². The lowest BCUT2D eigenvalue weighted by molar-refractivity contribution is 0.0734. The Morgan fingerprint density at radius 1 is 0.683 bits per heavy atom. The number of unbranched alkanes of at least 4 members (excludes halogenated alkanes) is 14. The maximum atomic E-state index is 12.7. The largest absolute Gasteiger partial charge is 0.423 e. The molecular weight excluding hydrogens is 528 g/mol. The van der Waals surface area contributed by atoms with E-state index in [4.69, 9.17) is 9.15 Å². The molecule has 0 aliphatic heterocycles. The van der Waals surface area contributed by atoms with E-state index >= 15 is 0 Å². The standard InChI is InChI=1S/C35H50N2O3S/c1-3-5-7-9-11-13-15-17-19-29-20-22-31(23-21-29)34(38)39-32-26-24-30(25-27-32)33-36-37-35(40-33)41-28-18-16-14-12-10-8-6-4-2/h20-27H,3-19,28H2,1-2H3. The summed E-state index contributed by atoms with van der Waals surface area (Å²) in [4.78, 5) is 12.7. The first-order chi connectivity index (χ1) is 20.2. The van der Waals surface area contributed by atoms with Gasteiger partial charge in [0, 0.05) is 11.3 Å². The Kier molecular flexibility index (Phi) is 16.3. The van der Waals surface area contributed by atoms with Crippen LogP contribution in [-0.2, 0) is 6.42 Å². The first-order valence-electron chi connectivity index (χ1n) is 16.1. The number of aromatic nitrogens is 2. The number of carbonyl (C=O) groups excluding carboxylic acids is 1. The summed E-state index contributed by atoms with van der Waals surface area (Å²) in [5.74, 6) is 1.61. The number of thioether (sulfide) groups is 1. The highest BCUT2D eigenvalue weighted by Gasteiger charge is 2.12. The molecule has 0 amide bonds. The van der Waals surface area contributed by atoms with Crippen LogP contribution in [0.5, 0.6) is 5.75 Å². The fraction of sp³-hybridized carbons (Fsp3) is 0.571. The van der Waals surface area contributed by atoms with Crippen LogP contribution in [0, 0.1) is 0 Å². The number of rotatable bonds is 22. The Hall–Kier alpha value is -2.60. The summed E-state index contributed by atoms with van der Waals surface area (Å²) in [5.41, 5.74) is 2.64. The lowest BCUT2D eigenvalue weighted by atomic mass is 10.0. The number of nitrogens with zero attached hydrogens (tertiary/aromatic N) is 2. The van der Waals surface area contributed by atoms with E-state index in [1.807, 2.05) is 36.4 Å². The molecule has 0 saturated carbocycles. The van der Waals surface area contributed by atoms with Crippen LogP contribution in [0.15, 0.2) is 58.2 Å². The summed E-state index contributed by atoms with van der Waals surface area (Å²) >= 11 is 1.62. The van der Waals surface area contributed by atoms with E-state index in [0.717, 1.165) is 24.2 Å². The van der Waals surface area contributed by atoms with E-state index < -0.39 is 0 Å². The van der Waals surface area contributed by atoms with Gasteiger partial charge in [0.2, 0.25) is 5.89 Å². The molecule has 3 rings (SSSR count). The lowest BCUT2D eigenvalue weighted by Gasteiger charge is -2.06. The zero-order chi connectivity index (χ0) is 29.0. The molecule has 1 aromatic heterocycles. The molecule has 0 fully saturated rings. The summed E-state index contributed by atoms with van der Waals surface area (Å²) in [5, 5.41) is 8.97. The van der Waals surface area contributed by atoms with Gasteiger partial charge in [-0.1, -0.05) is 128 Å². The molecule has 1 heterocycles. The minimum Gasteiger partial charge on any atom is -0.423 e. The van der Waals surface area contributed by atoms with Crippen LogP contribution in [0.25, 0.3) is 11.5 Å². The van der Waals surface area contributed by atoms with Gasteiger partial charge in [0.1, 0.15) is 5.75 Å². The van der Waals surface area contributed by atoms with Gasteiger partial charge in [-0.15, -0.1) is 10.2 Å². The molecule has 5 nitrogen and oxygen atoms in total. The second-order valence-electron chi connectivity index (χ2n) is 11.0. The van der Waals surface area contributed by atoms with E-state index in [-0.39, 0.29) is 5.97 Å². The minimum atomic E-state index is -0.353. The van der Waals surface area contributed by atoms with Crippen molar-refractivity contribution in [3.8, 4) is 17.2 Å². The smallest absolute Gasteiger partial charge is 0.343 e. The molecule has 3 aromatic rings. The first-order valence-corrected chi connectivity index (χ1v) is 17.1. The number of benzene rings is 2. The molecule has 0 aliphatic carbocycles. The van der Waals surface area contributed by atoms with Crippen LogP contribution in [0.2, 0.25) is 0 Å². The molecule has 0 saturated heterocycles. The quantitative estimate of drug-likeness (QED) is 0.0511. The van der Waals surface area contributed by atoms with E-state index in [1.54, 1.807) is 23.9 Å². The SMILES string of the molecule is CCCCCCCCCCSc1nnc(-c2ccc(OC(=O)c3ccc(CCCCCCCCCC)cc3)cc2)o1. The highest BCUT2D eigenvalue weighted by molar-refractivity contribution is 7.99. The normalized spacial score (nSPS) is 11.2. The predicted octanol–water partition coefficient (Wildman–Crippen LogP) is 10.9. The van der Waals surface area contributed by atoms with Gasteiger partial charge in [-0.3, -0.25) is 0 Å². The molecular formula is C35H50N2O3S. The molecule has 2 aromatic carbocycles. The molecule has 224 valence electrons. The molecule has 0 bridgehead atoms. The Labute approximate surface area is 252 Å². The zero-order valence-corrected chi connectivity index (χ0v) is 26.2. The summed E-state index contributed by atoms with van der Waals surface area (Å²) in [6.07, 6.45) is 22.0. The lowest BCUT2D eigenvalue weighted by Crippen LogP contribution is -2.08. The van der Waals surface area contributed by atoms with Gasteiger partial charge < -0.3 is 9.15 Å². The number of esters is 1. The van der Waals surface area contributed by atoms with Gasteiger partial charge in [-0.25, -0.2) is 4.79 Å². The topological polar surface area (TPSA) is 65.2 Å². The third-order valence-electron chi connectivity index (χ3n) is 7.45. The van der Waals surface area contributed by atoms with Crippen LogP contribution >= 0.6 is 11.8 Å². The Morgan fingerprint density at radius 3 is 1.85 bits per heavy atom. The predicted molar refractivity (Wildman–Crippen MR) is 171 cm³/mol. The Bertz CT molecular complexity index is 1100. The van der Waals surface area contributed by atoms with E-state index in [0.29, 0.717) is 22.4 Å². The van der Waals surface area contributed by atoms with E-state index in [2.05, 4.69) is 24.0 Å². The van der Waals surface area contributed by atoms with Crippen LogP contribution in [-0.4, -0.2) is 21.9 Å². The summed E-state index contributed by atoms with van der Waals surface area (Å²) in [6.45, 7) is 4.51. The fourth-order valence-electron chi connectivity index (χ4n) is 4.88. The van der Waals surface area contributed by atoms with Crippen molar-refractivity contribution in [3.63, 3.8) is 0 Å². The summed E-state index contributed by atoms with van der Waals surface area (Å²) in [6, 6.07) is 15.0. The van der Waals surface area contributed by atoms with Crippen molar-refractivity contribution in [1.29, 1.82) is 0 Å². The van der Waals surface area contributed by atoms with Gasteiger partial charge in [-0.2, -0.15) is 0 Å². The average molecular weight is 579 g/mol.